The van der Waals surface area contributed by atoms with Crippen molar-refractivity contribution in [3.63, 3.8) is 0 Å². The molecular weight excluding hydrogens is 290 g/mol. The van der Waals surface area contributed by atoms with Crippen LogP contribution in [-0.2, 0) is 10.8 Å². The molecule has 4 nitrogen and oxygen atoms in total. The zero-order valence-corrected chi connectivity index (χ0v) is 13.1. The van der Waals surface area contributed by atoms with Gasteiger partial charge in [0.15, 0.2) is 0 Å². The predicted octanol–water partition coefficient (Wildman–Crippen LogP) is 2.05. The van der Waals surface area contributed by atoms with E-state index in [9.17, 15) is 4.21 Å². The van der Waals surface area contributed by atoms with Crippen LogP contribution in [0.1, 0.15) is 12.5 Å². The molecule has 2 unspecified atom stereocenters. The van der Waals surface area contributed by atoms with E-state index in [1.807, 2.05) is 37.3 Å². The lowest BCUT2D eigenvalue weighted by molar-refractivity contribution is 0.679. The number of nitrogens with two attached hydrogens (primary N) is 1. The largest absolute Gasteiger partial charge is 0.389 e. The highest BCUT2D eigenvalue weighted by atomic mass is 32.2. The van der Waals surface area contributed by atoms with E-state index in [1.165, 1.54) is 0 Å². The lowest BCUT2D eigenvalue weighted by atomic mass is 10.1. The molecule has 0 aliphatic carbocycles. The van der Waals surface area contributed by atoms with Crippen LogP contribution in [-0.4, -0.2) is 32.2 Å². The van der Waals surface area contributed by atoms with Crippen LogP contribution in [0.5, 0.6) is 0 Å². The lowest BCUT2D eigenvalue weighted by Crippen LogP contribution is -2.21. The number of benzene rings is 1. The first-order valence-electron chi connectivity index (χ1n) is 6.24. The Morgan fingerprint density at radius 1 is 1.50 bits per heavy atom. The fraction of sp³-hybridized carbons (Fsp3) is 0.286. The Morgan fingerprint density at radius 2 is 2.20 bits per heavy atom. The molecule has 1 aromatic carbocycles. The summed E-state index contributed by atoms with van der Waals surface area (Å²) >= 11 is 5.10. The third-order valence-corrected chi connectivity index (χ3v) is 4.64. The molecule has 0 radical (unpaired) electrons. The van der Waals surface area contributed by atoms with Gasteiger partial charge in [0.25, 0.3) is 0 Å². The van der Waals surface area contributed by atoms with Crippen LogP contribution in [0, 0.1) is 0 Å². The maximum absolute atomic E-state index is 11.4. The topological polar surface area (TPSA) is 68.0 Å². The molecule has 0 spiro atoms. The zero-order valence-electron chi connectivity index (χ0n) is 11.4. The van der Waals surface area contributed by atoms with Gasteiger partial charge in [-0.2, -0.15) is 0 Å². The van der Waals surface area contributed by atoms with E-state index in [2.05, 4.69) is 10.3 Å². The quantitative estimate of drug-likeness (QED) is 0.828. The number of pyridine rings is 1. The lowest BCUT2D eigenvalue weighted by Gasteiger charge is -2.13. The van der Waals surface area contributed by atoms with Gasteiger partial charge in [0.1, 0.15) is 10.8 Å². The highest BCUT2D eigenvalue weighted by molar-refractivity contribution is 7.84. The van der Waals surface area contributed by atoms with Crippen molar-refractivity contribution in [2.45, 2.75) is 12.2 Å². The number of nitrogens with one attached hydrogen (secondary N) is 1. The van der Waals surface area contributed by atoms with Gasteiger partial charge in [-0.25, -0.2) is 4.98 Å². The second-order valence-corrected chi connectivity index (χ2v) is 6.87. The Balaban J connectivity index is 2.35. The Morgan fingerprint density at radius 3 is 2.85 bits per heavy atom. The fourth-order valence-electron chi connectivity index (χ4n) is 1.84. The summed E-state index contributed by atoms with van der Waals surface area (Å²) in [7, 11) is -0.866. The Hall–Kier alpha value is -1.53. The predicted molar refractivity (Wildman–Crippen MR) is 89.6 cm³/mol. The number of aromatic nitrogens is 1. The number of anilines is 1. The van der Waals surface area contributed by atoms with Gasteiger partial charge in [-0.3, -0.25) is 4.21 Å². The van der Waals surface area contributed by atoms with Crippen molar-refractivity contribution in [1.82, 2.24) is 4.98 Å². The molecule has 1 heterocycles. The van der Waals surface area contributed by atoms with Gasteiger partial charge < -0.3 is 11.1 Å². The van der Waals surface area contributed by atoms with E-state index in [1.54, 1.807) is 6.26 Å². The maximum Gasteiger partial charge on any atom is 0.127 e. The van der Waals surface area contributed by atoms with Crippen LogP contribution >= 0.6 is 12.2 Å². The molecule has 0 saturated carbocycles. The molecule has 20 heavy (non-hydrogen) atoms. The third-order valence-electron chi connectivity index (χ3n) is 3.12. The van der Waals surface area contributed by atoms with Gasteiger partial charge >= 0.3 is 0 Å². The van der Waals surface area contributed by atoms with Crippen LogP contribution in [0.25, 0.3) is 10.9 Å². The Bertz CT molecular complexity index is 673. The third kappa shape index (κ3) is 3.32. The minimum absolute atomic E-state index is 0.0524. The van der Waals surface area contributed by atoms with Crippen LogP contribution < -0.4 is 11.1 Å². The zero-order chi connectivity index (χ0) is 14.7. The molecule has 0 amide bonds. The van der Waals surface area contributed by atoms with E-state index in [-0.39, 0.29) is 5.25 Å². The van der Waals surface area contributed by atoms with Gasteiger partial charge in [0.2, 0.25) is 0 Å². The number of thiocarbonyl (C=S) groups is 1. The summed E-state index contributed by atoms with van der Waals surface area (Å²) in [5.74, 6) is 0.698. The fourth-order valence-corrected chi connectivity index (χ4v) is 2.32. The van der Waals surface area contributed by atoms with Crippen LogP contribution in [0.2, 0.25) is 0 Å². The van der Waals surface area contributed by atoms with Crippen molar-refractivity contribution in [2.24, 2.45) is 5.73 Å². The van der Waals surface area contributed by atoms with Gasteiger partial charge in [-0.05, 0) is 19.1 Å². The molecule has 6 heteroatoms. The molecule has 0 saturated heterocycles. The average Bonchev–Trinajstić information content (AvgIpc) is 2.43. The van der Waals surface area contributed by atoms with Crippen molar-refractivity contribution < 1.29 is 4.21 Å². The monoisotopic (exact) mass is 307 g/mol. The summed E-state index contributed by atoms with van der Waals surface area (Å²) in [5, 5.41) is 4.19. The van der Waals surface area contributed by atoms with E-state index in [0.717, 1.165) is 16.5 Å². The van der Waals surface area contributed by atoms with Crippen LogP contribution in [0.4, 0.5) is 5.82 Å². The molecule has 0 fully saturated rings. The minimum Gasteiger partial charge on any atom is -0.389 e. The van der Waals surface area contributed by atoms with E-state index >= 15 is 0 Å². The van der Waals surface area contributed by atoms with Crippen molar-refractivity contribution in [3.05, 3.63) is 35.9 Å². The Kier molecular flexibility index (Phi) is 4.67. The second-order valence-electron chi connectivity index (χ2n) is 4.63. The second kappa shape index (κ2) is 6.28. The van der Waals surface area contributed by atoms with E-state index in [4.69, 9.17) is 18.0 Å². The number of rotatable bonds is 5. The SMILES string of the molecule is CC(CNc1cc(C(N)=S)c2ccccc2n1)S(C)=O. The smallest absolute Gasteiger partial charge is 0.127 e. The van der Waals surface area contributed by atoms with Gasteiger partial charge in [-0.15, -0.1) is 0 Å². The molecule has 0 aliphatic rings. The molecule has 2 atom stereocenters. The summed E-state index contributed by atoms with van der Waals surface area (Å²) < 4.78 is 11.4. The van der Waals surface area contributed by atoms with Crippen molar-refractivity contribution >= 4 is 44.7 Å². The normalized spacial score (nSPS) is 13.9. The first kappa shape index (κ1) is 14.9. The van der Waals surface area contributed by atoms with Crippen molar-refractivity contribution in [1.29, 1.82) is 0 Å². The first-order chi connectivity index (χ1) is 9.49. The number of para-hydroxylation sites is 1. The van der Waals surface area contributed by atoms with Crippen LogP contribution in [0.3, 0.4) is 0 Å². The van der Waals surface area contributed by atoms with Crippen LogP contribution in [0.15, 0.2) is 30.3 Å². The summed E-state index contributed by atoms with van der Waals surface area (Å²) in [6, 6.07) is 9.57. The van der Waals surface area contributed by atoms with Gasteiger partial charge in [-0.1, -0.05) is 30.4 Å². The minimum atomic E-state index is -0.866. The summed E-state index contributed by atoms with van der Waals surface area (Å²) in [6.45, 7) is 2.52. The molecular formula is C14H17N3OS2. The molecule has 106 valence electrons. The average molecular weight is 307 g/mol. The van der Waals surface area contributed by atoms with Crippen molar-refractivity contribution in [3.8, 4) is 0 Å². The summed E-state index contributed by atoms with van der Waals surface area (Å²) in [5.41, 5.74) is 7.42. The number of hydrogen-bond acceptors (Lipinski definition) is 4. The molecule has 1 aromatic heterocycles. The standard InChI is InChI=1S/C14H17N3OS2/c1-9(20(2)18)8-16-13-7-11(14(15)19)10-5-3-4-6-12(10)17-13/h3-7,9H,8H2,1-2H3,(H2,15,19)(H,16,17). The number of hydrogen-bond donors (Lipinski definition) is 2. The molecule has 0 aliphatic heterocycles. The van der Waals surface area contributed by atoms with E-state index < -0.39 is 10.8 Å². The first-order valence-corrected chi connectivity index (χ1v) is 8.27. The van der Waals surface area contributed by atoms with Gasteiger partial charge in [0.05, 0.1) is 5.52 Å². The van der Waals surface area contributed by atoms with E-state index in [0.29, 0.717) is 17.4 Å². The molecule has 3 N–H and O–H groups in total. The highest BCUT2D eigenvalue weighted by Crippen LogP contribution is 2.20. The summed E-state index contributed by atoms with van der Waals surface area (Å²) in [6.07, 6.45) is 1.70. The number of fused-ring (bicyclic) bond motifs is 1. The summed E-state index contributed by atoms with van der Waals surface area (Å²) in [4.78, 5) is 4.87. The maximum atomic E-state index is 11.4. The Labute approximate surface area is 126 Å². The molecule has 2 rings (SSSR count). The highest BCUT2D eigenvalue weighted by Gasteiger charge is 2.10. The molecule has 0 bridgehead atoms. The molecule has 2 aromatic rings. The number of nitrogens with zero attached hydrogens (tertiary/aromatic N) is 1. The van der Waals surface area contributed by atoms with Crippen molar-refractivity contribution in [2.75, 3.05) is 18.1 Å². The van der Waals surface area contributed by atoms with Gasteiger partial charge in [0, 0.05) is 39.8 Å².